The zero-order chi connectivity index (χ0) is 13.4. The maximum Gasteiger partial charge on any atom is 0.262 e. The van der Waals surface area contributed by atoms with Crippen molar-refractivity contribution in [3.63, 3.8) is 0 Å². The van der Waals surface area contributed by atoms with Crippen LogP contribution in [0.15, 0.2) is 23.2 Å². The zero-order valence-electron chi connectivity index (χ0n) is 9.51. The molecule has 0 radical (unpaired) electrons. The van der Waals surface area contributed by atoms with Crippen molar-refractivity contribution in [3.05, 3.63) is 24.0 Å². The molecule has 1 fully saturated rings. The fraction of sp³-hybridized carbons (Fsp3) is 0.500. The zero-order valence-corrected chi connectivity index (χ0v) is 10.3. The maximum atomic E-state index is 13.0. The molecule has 0 aromatic carbocycles. The highest BCUT2D eigenvalue weighted by Crippen LogP contribution is 2.30. The summed E-state index contributed by atoms with van der Waals surface area (Å²) >= 11 is 0. The number of aromatic nitrogens is 1. The summed E-state index contributed by atoms with van der Waals surface area (Å²) in [6.45, 7) is -0.746. The van der Waals surface area contributed by atoms with Crippen molar-refractivity contribution in [1.29, 1.82) is 0 Å². The molecule has 0 bridgehead atoms. The molecule has 2 rings (SSSR count). The molecule has 1 aliphatic heterocycles. The monoisotopic (exact) mass is 277 g/mol. The molecule has 0 amide bonds. The molecule has 0 aliphatic carbocycles. The van der Waals surface area contributed by atoms with Crippen LogP contribution in [-0.2, 0) is 16.6 Å². The lowest BCUT2D eigenvalue weighted by atomic mass is 10.3. The van der Waals surface area contributed by atoms with Crippen LogP contribution in [0.4, 0.5) is 8.78 Å². The summed E-state index contributed by atoms with van der Waals surface area (Å²) in [5.74, 6) is -2.95. The van der Waals surface area contributed by atoms with Crippen molar-refractivity contribution < 1.29 is 17.2 Å². The Labute approximate surface area is 104 Å². The van der Waals surface area contributed by atoms with Gasteiger partial charge in [-0.1, -0.05) is 0 Å². The maximum absolute atomic E-state index is 13.0. The molecule has 100 valence electrons. The van der Waals surface area contributed by atoms with Gasteiger partial charge in [-0.25, -0.2) is 17.2 Å². The Bertz CT molecular complexity index is 531. The molecule has 8 heteroatoms. The molecule has 1 aromatic heterocycles. The first kappa shape index (κ1) is 13.3. The second-order valence-electron chi connectivity index (χ2n) is 4.13. The van der Waals surface area contributed by atoms with Crippen molar-refractivity contribution in [2.24, 2.45) is 5.73 Å². The third kappa shape index (κ3) is 2.50. The molecule has 0 spiro atoms. The Morgan fingerprint density at radius 2 is 2.17 bits per heavy atom. The molecule has 1 aromatic rings. The third-order valence-corrected chi connectivity index (χ3v) is 4.61. The summed E-state index contributed by atoms with van der Waals surface area (Å²) in [7, 11) is -3.88. The van der Waals surface area contributed by atoms with Gasteiger partial charge in [0, 0.05) is 25.7 Å². The van der Waals surface area contributed by atoms with Crippen LogP contribution in [0.2, 0.25) is 0 Å². The molecule has 18 heavy (non-hydrogen) atoms. The van der Waals surface area contributed by atoms with E-state index in [-0.39, 0.29) is 18.0 Å². The van der Waals surface area contributed by atoms with Gasteiger partial charge in [-0.05, 0) is 12.1 Å². The molecule has 1 aliphatic rings. The lowest BCUT2D eigenvalue weighted by Crippen LogP contribution is -2.31. The van der Waals surface area contributed by atoms with Gasteiger partial charge in [-0.3, -0.25) is 4.98 Å². The number of sulfonamides is 1. The summed E-state index contributed by atoms with van der Waals surface area (Å²) in [6.07, 6.45) is 0.703. The van der Waals surface area contributed by atoms with Gasteiger partial charge >= 0.3 is 0 Å². The third-order valence-electron chi connectivity index (χ3n) is 2.78. The van der Waals surface area contributed by atoms with Gasteiger partial charge < -0.3 is 5.73 Å². The Morgan fingerprint density at radius 3 is 2.61 bits per heavy atom. The molecule has 0 saturated carbocycles. The molecule has 1 saturated heterocycles. The number of halogens is 2. The minimum Gasteiger partial charge on any atom is -0.325 e. The van der Waals surface area contributed by atoms with E-state index in [0.29, 0.717) is 5.69 Å². The lowest BCUT2D eigenvalue weighted by molar-refractivity contribution is 0.0183. The van der Waals surface area contributed by atoms with Crippen molar-refractivity contribution in [3.8, 4) is 0 Å². The number of pyridine rings is 1. The van der Waals surface area contributed by atoms with Gasteiger partial charge in [-0.15, -0.1) is 0 Å². The van der Waals surface area contributed by atoms with Crippen molar-refractivity contribution >= 4 is 10.0 Å². The number of rotatable bonds is 3. The van der Waals surface area contributed by atoms with Crippen molar-refractivity contribution in [2.75, 3.05) is 13.1 Å². The Balaban J connectivity index is 2.25. The number of hydrogen-bond donors (Lipinski definition) is 1. The average Bonchev–Trinajstić information content (AvgIpc) is 2.70. The van der Waals surface area contributed by atoms with Crippen molar-refractivity contribution in [2.45, 2.75) is 23.8 Å². The molecule has 2 N–H and O–H groups in total. The van der Waals surface area contributed by atoms with Crippen molar-refractivity contribution in [1.82, 2.24) is 9.29 Å². The molecule has 0 unspecified atom stereocenters. The smallest absolute Gasteiger partial charge is 0.262 e. The van der Waals surface area contributed by atoms with Gasteiger partial charge in [0.15, 0.2) is 0 Å². The molecule has 0 atom stereocenters. The van der Waals surface area contributed by atoms with E-state index in [1.54, 1.807) is 0 Å². The first-order chi connectivity index (χ1) is 8.35. The van der Waals surface area contributed by atoms with Crippen LogP contribution in [0.1, 0.15) is 12.1 Å². The second kappa shape index (κ2) is 4.52. The summed E-state index contributed by atoms with van der Waals surface area (Å²) < 4.78 is 50.9. The SMILES string of the molecule is NCc1ccc(S(=O)(=O)N2CCC(F)(F)C2)cn1. The van der Waals surface area contributed by atoms with Crippen LogP contribution in [0.3, 0.4) is 0 Å². The van der Waals surface area contributed by atoms with Gasteiger partial charge in [0.1, 0.15) is 4.90 Å². The van der Waals surface area contributed by atoms with Gasteiger partial charge in [0.2, 0.25) is 10.0 Å². The Kier molecular flexibility index (Phi) is 3.35. The summed E-state index contributed by atoms with van der Waals surface area (Å²) in [4.78, 5) is 3.77. The lowest BCUT2D eigenvalue weighted by Gasteiger charge is -2.15. The van der Waals surface area contributed by atoms with Crippen LogP contribution in [0.25, 0.3) is 0 Å². The van der Waals surface area contributed by atoms with Crippen LogP contribution in [-0.4, -0.2) is 36.7 Å². The highest BCUT2D eigenvalue weighted by Gasteiger charge is 2.43. The fourth-order valence-electron chi connectivity index (χ4n) is 1.74. The highest BCUT2D eigenvalue weighted by molar-refractivity contribution is 7.89. The Morgan fingerprint density at radius 1 is 1.44 bits per heavy atom. The highest BCUT2D eigenvalue weighted by atomic mass is 32.2. The predicted octanol–water partition coefficient (Wildman–Crippen LogP) is 0.570. The molecular formula is C10H13F2N3O2S. The van der Waals surface area contributed by atoms with Gasteiger partial charge in [0.25, 0.3) is 5.92 Å². The van der Waals surface area contributed by atoms with E-state index < -0.39 is 28.9 Å². The van der Waals surface area contributed by atoms with Gasteiger partial charge in [-0.2, -0.15) is 4.31 Å². The number of hydrogen-bond acceptors (Lipinski definition) is 4. The first-order valence-electron chi connectivity index (χ1n) is 5.38. The largest absolute Gasteiger partial charge is 0.325 e. The standard InChI is InChI=1S/C10H13F2N3O2S/c11-10(12)3-4-15(7-10)18(16,17)9-2-1-8(5-13)14-6-9/h1-2,6H,3-5,7,13H2. The quantitative estimate of drug-likeness (QED) is 0.876. The van der Waals surface area contributed by atoms with E-state index in [1.165, 1.54) is 12.1 Å². The van der Waals surface area contributed by atoms with E-state index in [9.17, 15) is 17.2 Å². The summed E-state index contributed by atoms with van der Waals surface area (Å²) in [5, 5.41) is 0. The molecule has 2 heterocycles. The van der Waals surface area contributed by atoms with Crippen LogP contribution in [0.5, 0.6) is 0 Å². The molecular weight excluding hydrogens is 264 g/mol. The predicted molar refractivity (Wildman–Crippen MR) is 60.5 cm³/mol. The van der Waals surface area contributed by atoms with E-state index >= 15 is 0 Å². The minimum absolute atomic E-state index is 0.0857. The van der Waals surface area contributed by atoms with E-state index in [1.807, 2.05) is 0 Å². The normalized spacial score (nSPS) is 20.2. The minimum atomic E-state index is -3.88. The van der Waals surface area contributed by atoms with E-state index in [4.69, 9.17) is 5.73 Å². The van der Waals surface area contributed by atoms with E-state index in [2.05, 4.69) is 4.98 Å². The first-order valence-corrected chi connectivity index (χ1v) is 6.82. The van der Waals surface area contributed by atoms with Gasteiger partial charge in [0.05, 0.1) is 12.2 Å². The van der Waals surface area contributed by atoms with Crippen LogP contribution in [0, 0.1) is 0 Å². The number of nitrogens with two attached hydrogens (primary N) is 1. The second-order valence-corrected chi connectivity index (χ2v) is 6.07. The average molecular weight is 277 g/mol. The summed E-state index contributed by atoms with van der Waals surface area (Å²) in [5.41, 5.74) is 5.89. The summed E-state index contributed by atoms with van der Waals surface area (Å²) in [6, 6.07) is 2.81. The van der Waals surface area contributed by atoms with Crippen LogP contribution >= 0.6 is 0 Å². The van der Waals surface area contributed by atoms with E-state index in [0.717, 1.165) is 10.5 Å². The topological polar surface area (TPSA) is 76.3 Å². The Hall–Kier alpha value is -1.12. The number of nitrogens with zero attached hydrogens (tertiary/aromatic N) is 2. The fourth-order valence-corrected chi connectivity index (χ4v) is 3.16. The number of alkyl halides is 2. The van der Waals surface area contributed by atoms with Crippen LogP contribution < -0.4 is 5.73 Å². The molecule has 5 nitrogen and oxygen atoms in total.